The van der Waals surface area contributed by atoms with E-state index < -0.39 is 22.1 Å². The van der Waals surface area contributed by atoms with Crippen LogP contribution >= 0.6 is 0 Å². The van der Waals surface area contributed by atoms with Crippen molar-refractivity contribution in [1.29, 1.82) is 0 Å². The van der Waals surface area contributed by atoms with Crippen molar-refractivity contribution < 1.29 is 34.9 Å². The van der Waals surface area contributed by atoms with Crippen LogP contribution in [0.15, 0.2) is 24.5 Å². The van der Waals surface area contributed by atoms with Gasteiger partial charge in [0.25, 0.3) is 0 Å². The van der Waals surface area contributed by atoms with Gasteiger partial charge in [-0.15, -0.1) is 0 Å². The average molecular weight is 382 g/mol. The average Bonchev–Trinajstić information content (AvgIpc) is 2.73. The first-order chi connectivity index (χ1) is 11.3. The van der Waals surface area contributed by atoms with Crippen LogP contribution in [0.5, 0.6) is 0 Å². The third-order valence-electron chi connectivity index (χ3n) is 3.13. The Morgan fingerprint density at radius 3 is 2.32 bits per heavy atom. The molecule has 0 atom stereocenters. The Kier molecular flexibility index (Phi) is 6.98. The summed E-state index contributed by atoms with van der Waals surface area (Å²) in [5.74, 6) is 0.447. The SMILES string of the molecule is CC(C)C[n+]1cn(C)c2cc(C(F)(F)F)ccc21.CCOS(=O)(=O)[O-]. The van der Waals surface area contributed by atoms with Crippen LogP contribution in [-0.2, 0) is 34.4 Å². The molecule has 142 valence electrons. The molecule has 0 aliphatic rings. The summed E-state index contributed by atoms with van der Waals surface area (Å²) in [5, 5.41) is 0. The highest BCUT2D eigenvalue weighted by molar-refractivity contribution is 7.80. The molecule has 0 saturated heterocycles. The molecule has 25 heavy (non-hydrogen) atoms. The first-order valence-corrected chi connectivity index (χ1v) is 8.84. The summed E-state index contributed by atoms with van der Waals surface area (Å²) in [6.45, 7) is 6.29. The van der Waals surface area contributed by atoms with Crippen molar-refractivity contribution in [2.75, 3.05) is 6.61 Å². The van der Waals surface area contributed by atoms with E-state index in [0.29, 0.717) is 11.4 Å². The molecule has 0 unspecified atom stereocenters. The quantitative estimate of drug-likeness (QED) is 0.463. The number of hydrogen-bond acceptors (Lipinski definition) is 4. The Labute approximate surface area is 144 Å². The van der Waals surface area contributed by atoms with E-state index in [9.17, 15) is 26.1 Å². The van der Waals surface area contributed by atoms with Gasteiger partial charge in [0.1, 0.15) is 0 Å². The molecule has 0 spiro atoms. The van der Waals surface area contributed by atoms with Crippen LogP contribution in [0.2, 0.25) is 0 Å². The van der Waals surface area contributed by atoms with Gasteiger partial charge in [0.15, 0.2) is 11.0 Å². The number of benzene rings is 1. The van der Waals surface area contributed by atoms with E-state index >= 15 is 0 Å². The second-order valence-electron chi connectivity index (χ2n) is 5.79. The van der Waals surface area contributed by atoms with Crippen LogP contribution < -0.4 is 4.57 Å². The molecular weight excluding hydrogens is 361 g/mol. The van der Waals surface area contributed by atoms with Crippen LogP contribution in [0, 0.1) is 5.92 Å². The highest BCUT2D eigenvalue weighted by Gasteiger charge is 2.32. The molecule has 0 radical (unpaired) electrons. The van der Waals surface area contributed by atoms with Crippen molar-refractivity contribution >= 4 is 21.4 Å². The molecule has 0 fully saturated rings. The fourth-order valence-corrected chi connectivity index (χ4v) is 2.53. The van der Waals surface area contributed by atoms with Crippen molar-refractivity contribution in [3.8, 4) is 0 Å². The van der Waals surface area contributed by atoms with Gasteiger partial charge in [0.05, 0.1) is 25.8 Å². The van der Waals surface area contributed by atoms with Gasteiger partial charge in [0, 0.05) is 6.07 Å². The minimum atomic E-state index is -4.42. The molecule has 0 bridgehead atoms. The van der Waals surface area contributed by atoms with Gasteiger partial charge in [-0.25, -0.2) is 17.6 Å². The number of aryl methyl sites for hydroxylation is 1. The predicted molar refractivity (Wildman–Crippen MR) is 84.3 cm³/mol. The number of alkyl halides is 3. The Balaban J connectivity index is 0.000000381. The third kappa shape index (κ3) is 6.63. The monoisotopic (exact) mass is 382 g/mol. The van der Waals surface area contributed by atoms with Crippen LogP contribution in [0.1, 0.15) is 26.3 Å². The molecule has 0 saturated carbocycles. The fraction of sp³-hybridized carbons (Fsp3) is 0.533. The standard InChI is InChI=1S/C13H16F3N2.C2H6O4S/c1-9(2)7-18-8-17(3)12-6-10(13(14,15)16)4-5-11(12)18;1-2-6-7(3,4)5/h4-6,8-9H,7H2,1-3H3;2H2,1H3,(H,3,4,5)/q+1;/p-1. The molecule has 1 aromatic carbocycles. The smallest absolute Gasteiger partial charge is 0.416 e. The van der Waals surface area contributed by atoms with Crippen LogP contribution in [0.25, 0.3) is 11.0 Å². The number of rotatable bonds is 4. The number of hydrogen-bond donors (Lipinski definition) is 0. The molecule has 1 aromatic heterocycles. The maximum Gasteiger partial charge on any atom is 0.416 e. The van der Waals surface area contributed by atoms with Crippen LogP contribution in [0.3, 0.4) is 0 Å². The van der Waals surface area contributed by atoms with E-state index in [2.05, 4.69) is 18.0 Å². The van der Waals surface area contributed by atoms with Crippen molar-refractivity contribution in [3.63, 3.8) is 0 Å². The molecule has 0 amide bonds. The van der Waals surface area contributed by atoms with E-state index in [4.69, 9.17) is 0 Å². The van der Waals surface area contributed by atoms with Crippen molar-refractivity contribution in [3.05, 3.63) is 30.1 Å². The van der Waals surface area contributed by atoms with Crippen molar-refractivity contribution in [2.24, 2.45) is 13.0 Å². The topological polar surface area (TPSA) is 75.2 Å². The zero-order valence-corrected chi connectivity index (χ0v) is 15.2. The summed E-state index contributed by atoms with van der Waals surface area (Å²) < 4.78 is 73.7. The highest BCUT2D eigenvalue weighted by atomic mass is 32.3. The molecule has 0 N–H and O–H groups in total. The van der Waals surface area contributed by atoms with Gasteiger partial charge in [-0.1, -0.05) is 13.8 Å². The molecule has 1 heterocycles. The number of fused-ring (bicyclic) bond motifs is 1. The van der Waals surface area contributed by atoms with E-state index in [1.165, 1.54) is 13.0 Å². The Morgan fingerprint density at radius 1 is 1.32 bits per heavy atom. The minimum Gasteiger partial charge on any atom is -0.726 e. The summed E-state index contributed by atoms with van der Waals surface area (Å²) in [5.41, 5.74) is 0.831. The second kappa shape index (κ2) is 8.15. The lowest BCUT2D eigenvalue weighted by Crippen LogP contribution is -2.34. The summed E-state index contributed by atoms with van der Waals surface area (Å²) in [7, 11) is -2.66. The molecule has 0 aliphatic carbocycles. The van der Waals surface area contributed by atoms with E-state index in [1.807, 2.05) is 10.9 Å². The van der Waals surface area contributed by atoms with Gasteiger partial charge < -0.3 is 4.55 Å². The first-order valence-electron chi connectivity index (χ1n) is 7.51. The van der Waals surface area contributed by atoms with Gasteiger partial charge in [-0.05, 0) is 25.0 Å². The highest BCUT2D eigenvalue weighted by Crippen LogP contribution is 2.30. The van der Waals surface area contributed by atoms with Gasteiger partial charge >= 0.3 is 6.18 Å². The number of nitrogens with zero attached hydrogens (tertiary/aromatic N) is 2. The van der Waals surface area contributed by atoms with Crippen LogP contribution in [-0.4, -0.2) is 24.1 Å². The Hall–Kier alpha value is -1.65. The summed E-state index contributed by atoms with van der Waals surface area (Å²) >= 11 is 0. The van der Waals surface area contributed by atoms with E-state index in [0.717, 1.165) is 18.1 Å². The van der Waals surface area contributed by atoms with Gasteiger partial charge in [-0.2, -0.15) is 13.2 Å². The predicted octanol–water partition coefficient (Wildman–Crippen LogP) is 2.62. The Morgan fingerprint density at radius 2 is 1.92 bits per heavy atom. The molecule has 2 rings (SSSR count). The van der Waals surface area contributed by atoms with Gasteiger partial charge in [0.2, 0.25) is 16.7 Å². The zero-order valence-electron chi connectivity index (χ0n) is 14.4. The molecule has 10 heteroatoms. The fourth-order valence-electron chi connectivity index (χ4n) is 2.24. The molecule has 0 aliphatic heterocycles. The molecule has 2 aromatic rings. The first kappa shape index (κ1) is 21.4. The number of imidazole rings is 1. The third-order valence-corrected chi connectivity index (χ3v) is 3.65. The number of halogens is 3. The van der Waals surface area contributed by atoms with E-state index in [1.54, 1.807) is 17.7 Å². The normalized spacial score (nSPS) is 12.4. The van der Waals surface area contributed by atoms with E-state index in [-0.39, 0.29) is 6.61 Å². The maximum absolute atomic E-state index is 12.6. The maximum atomic E-state index is 12.6. The van der Waals surface area contributed by atoms with Crippen molar-refractivity contribution in [2.45, 2.75) is 33.5 Å². The van der Waals surface area contributed by atoms with Crippen LogP contribution in [0.4, 0.5) is 13.2 Å². The lowest BCUT2D eigenvalue weighted by molar-refractivity contribution is -0.677. The van der Waals surface area contributed by atoms with Crippen molar-refractivity contribution in [1.82, 2.24) is 4.57 Å². The van der Waals surface area contributed by atoms with Gasteiger partial charge in [-0.3, -0.25) is 4.18 Å². The lowest BCUT2D eigenvalue weighted by atomic mass is 10.2. The summed E-state index contributed by atoms with van der Waals surface area (Å²) in [4.78, 5) is 0. The summed E-state index contributed by atoms with van der Waals surface area (Å²) in [6.07, 6.45) is -2.45. The lowest BCUT2D eigenvalue weighted by Gasteiger charge is -2.05. The molecule has 6 nitrogen and oxygen atoms in total. The minimum absolute atomic E-state index is 0.0914. The Bertz CT molecular complexity index is 814. The molecular formula is C15H21F3N2O4S. The second-order valence-corrected chi connectivity index (χ2v) is 6.84. The largest absolute Gasteiger partial charge is 0.726 e. The summed E-state index contributed by atoms with van der Waals surface area (Å²) in [6, 6.07) is 3.88. The number of aromatic nitrogens is 2. The zero-order chi connectivity index (χ0) is 19.4.